The number of likely N-dealkylation sites (N-methyl/N-ethyl adjacent to an activating group) is 1. The summed E-state index contributed by atoms with van der Waals surface area (Å²) in [7, 11) is 5.23. The average Bonchev–Trinajstić information content (AvgIpc) is 3.13. The van der Waals surface area contributed by atoms with Crippen LogP contribution in [0.2, 0.25) is 0 Å². The maximum Gasteiger partial charge on any atom is 0.249 e. The summed E-state index contributed by atoms with van der Waals surface area (Å²) in [6, 6.07) is 20.5. The van der Waals surface area contributed by atoms with Gasteiger partial charge in [0, 0.05) is 43.2 Å². The highest BCUT2D eigenvalue weighted by atomic mass is 16.5. The molecule has 7 nitrogen and oxygen atoms in total. The number of methoxy groups -OCH3 is 1. The number of anilines is 1. The van der Waals surface area contributed by atoms with Crippen molar-refractivity contribution in [2.24, 2.45) is 7.05 Å². The van der Waals surface area contributed by atoms with Gasteiger partial charge in [-0.05, 0) is 30.2 Å². The SMILES string of the molecule is COc1ccc(N(C)C(=O)[C@H](Cc2ccccc2)NC(=O)Cc2c(C)n(C)c3ccccc23)cn1. The number of nitrogens with one attached hydrogen (secondary N) is 1. The number of fused-ring (bicyclic) bond motifs is 1. The Hall–Kier alpha value is -4.13. The summed E-state index contributed by atoms with van der Waals surface area (Å²) in [6.45, 7) is 2.01. The van der Waals surface area contributed by atoms with Crippen molar-refractivity contribution in [1.29, 1.82) is 0 Å². The number of hydrogen-bond acceptors (Lipinski definition) is 4. The van der Waals surface area contributed by atoms with Crippen LogP contribution in [0, 0.1) is 6.92 Å². The fraction of sp³-hybridized carbons (Fsp3) is 0.250. The number of pyridine rings is 1. The van der Waals surface area contributed by atoms with E-state index >= 15 is 0 Å². The van der Waals surface area contributed by atoms with Crippen molar-refractivity contribution < 1.29 is 14.3 Å². The maximum absolute atomic E-state index is 13.5. The van der Waals surface area contributed by atoms with Gasteiger partial charge in [0.25, 0.3) is 0 Å². The second-order valence-electron chi connectivity index (χ2n) is 8.58. The molecule has 4 rings (SSSR count). The number of benzene rings is 2. The molecule has 2 aromatic heterocycles. The van der Waals surface area contributed by atoms with E-state index in [1.807, 2.05) is 68.6 Å². The third kappa shape index (κ3) is 5.19. The van der Waals surface area contributed by atoms with Crippen molar-refractivity contribution in [2.45, 2.75) is 25.8 Å². The lowest BCUT2D eigenvalue weighted by Crippen LogP contribution is -2.49. The van der Waals surface area contributed by atoms with Crippen LogP contribution in [-0.4, -0.2) is 41.6 Å². The van der Waals surface area contributed by atoms with E-state index in [0.717, 1.165) is 27.7 Å². The first-order valence-corrected chi connectivity index (χ1v) is 11.5. The van der Waals surface area contributed by atoms with Crippen molar-refractivity contribution in [2.75, 3.05) is 19.1 Å². The molecule has 0 saturated heterocycles. The summed E-state index contributed by atoms with van der Waals surface area (Å²) < 4.78 is 7.21. The molecule has 1 N–H and O–H groups in total. The summed E-state index contributed by atoms with van der Waals surface area (Å²) in [4.78, 5) is 32.5. The van der Waals surface area contributed by atoms with E-state index in [1.54, 1.807) is 32.5 Å². The summed E-state index contributed by atoms with van der Waals surface area (Å²) in [5.41, 5.74) is 4.67. The molecule has 7 heteroatoms. The van der Waals surface area contributed by atoms with Gasteiger partial charge in [-0.25, -0.2) is 4.98 Å². The Morgan fingerprint density at radius 1 is 1.06 bits per heavy atom. The normalized spacial score (nSPS) is 11.8. The van der Waals surface area contributed by atoms with Crippen molar-refractivity contribution in [3.05, 3.63) is 89.7 Å². The molecule has 0 aliphatic rings. The van der Waals surface area contributed by atoms with Crippen LogP contribution in [0.5, 0.6) is 5.88 Å². The number of carbonyl (C=O) groups excluding carboxylic acids is 2. The number of carbonyl (C=O) groups is 2. The molecule has 0 spiro atoms. The van der Waals surface area contributed by atoms with Crippen molar-refractivity contribution in [1.82, 2.24) is 14.9 Å². The Labute approximate surface area is 205 Å². The number of amides is 2. The predicted octanol–water partition coefficient (Wildman–Crippen LogP) is 3.82. The fourth-order valence-corrected chi connectivity index (χ4v) is 4.33. The number of para-hydroxylation sites is 1. The molecule has 2 aromatic carbocycles. The minimum Gasteiger partial charge on any atom is -0.481 e. The van der Waals surface area contributed by atoms with Crippen LogP contribution < -0.4 is 15.0 Å². The molecule has 35 heavy (non-hydrogen) atoms. The van der Waals surface area contributed by atoms with Crippen LogP contribution in [0.15, 0.2) is 72.9 Å². The van der Waals surface area contributed by atoms with Crippen molar-refractivity contribution in [3.63, 3.8) is 0 Å². The van der Waals surface area contributed by atoms with Crippen molar-refractivity contribution in [3.8, 4) is 5.88 Å². The van der Waals surface area contributed by atoms with Gasteiger partial charge in [0.05, 0.1) is 25.4 Å². The molecule has 0 aliphatic heterocycles. The molecule has 2 heterocycles. The van der Waals surface area contributed by atoms with E-state index in [4.69, 9.17) is 4.74 Å². The molecule has 2 amide bonds. The molecular weight excluding hydrogens is 440 g/mol. The smallest absolute Gasteiger partial charge is 0.249 e. The molecule has 0 saturated carbocycles. The van der Waals surface area contributed by atoms with Gasteiger partial charge in [-0.1, -0.05) is 48.5 Å². The second-order valence-corrected chi connectivity index (χ2v) is 8.58. The Bertz CT molecular complexity index is 1330. The quantitative estimate of drug-likeness (QED) is 0.425. The van der Waals surface area contributed by atoms with Gasteiger partial charge in [0.15, 0.2) is 0 Å². The van der Waals surface area contributed by atoms with E-state index in [1.165, 1.54) is 4.90 Å². The van der Waals surface area contributed by atoms with E-state index < -0.39 is 6.04 Å². The number of ether oxygens (including phenoxy) is 1. The van der Waals surface area contributed by atoms with Gasteiger partial charge in [0.2, 0.25) is 17.7 Å². The first kappa shape index (κ1) is 24.0. The third-order valence-corrected chi connectivity index (χ3v) is 6.43. The molecule has 1 atom stereocenters. The molecule has 180 valence electrons. The largest absolute Gasteiger partial charge is 0.481 e. The molecule has 0 unspecified atom stereocenters. The summed E-state index contributed by atoms with van der Waals surface area (Å²) >= 11 is 0. The van der Waals surface area contributed by atoms with Gasteiger partial charge in [-0.2, -0.15) is 0 Å². The van der Waals surface area contributed by atoms with E-state index in [9.17, 15) is 9.59 Å². The molecule has 0 aliphatic carbocycles. The first-order chi connectivity index (χ1) is 16.9. The molecule has 4 aromatic rings. The Kier molecular flexibility index (Phi) is 7.15. The average molecular weight is 471 g/mol. The molecule has 0 bridgehead atoms. The zero-order valence-corrected chi connectivity index (χ0v) is 20.5. The zero-order valence-electron chi connectivity index (χ0n) is 20.5. The Morgan fingerprint density at radius 2 is 1.77 bits per heavy atom. The predicted molar refractivity (Wildman–Crippen MR) is 138 cm³/mol. The minimum absolute atomic E-state index is 0.194. The third-order valence-electron chi connectivity index (χ3n) is 6.43. The lowest BCUT2D eigenvalue weighted by Gasteiger charge is -2.25. The topological polar surface area (TPSA) is 76.5 Å². The van der Waals surface area contributed by atoms with E-state index in [-0.39, 0.29) is 18.2 Å². The zero-order chi connectivity index (χ0) is 24.9. The van der Waals surface area contributed by atoms with Crippen LogP contribution in [0.25, 0.3) is 10.9 Å². The van der Waals surface area contributed by atoms with Gasteiger partial charge >= 0.3 is 0 Å². The van der Waals surface area contributed by atoms with Crippen LogP contribution >= 0.6 is 0 Å². The van der Waals surface area contributed by atoms with Gasteiger partial charge in [0.1, 0.15) is 6.04 Å². The highest BCUT2D eigenvalue weighted by molar-refractivity contribution is 5.99. The number of rotatable bonds is 8. The Morgan fingerprint density at radius 3 is 2.46 bits per heavy atom. The molecule has 0 radical (unpaired) electrons. The highest BCUT2D eigenvalue weighted by Gasteiger charge is 2.26. The van der Waals surface area contributed by atoms with Crippen LogP contribution in [-0.2, 0) is 29.5 Å². The number of aromatic nitrogens is 2. The highest BCUT2D eigenvalue weighted by Crippen LogP contribution is 2.25. The Balaban J connectivity index is 1.57. The van der Waals surface area contributed by atoms with Gasteiger partial charge < -0.3 is 19.5 Å². The lowest BCUT2D eigenvalue weighted by atomic mass is 10.0. The van der Waals surface area contributed by atoms with E-state index in [2.05, 4.69) is 14.9 Å². The second kappa shape index (κ2) is 10.4. The van der Waals surface area contributed by atoms with Crippen LogP contribution in [0.4, 0.5) is 5.69 Å². The number of nitrogens with zero attached hydrogens (tertiary/aromatic N) is 3. The van der Waals surface area contributed by atoms with Crippen LogP contribution in [0.3, 0.4) is 0 Å². The van der Waals surface area contributed by atoms with Crippen molar-refractivity contribution >= 4 is 28.4 Å². The van der Waals surface area contributed by atoms with Gasteiger partial charge in [-0.3, -0.25) is 9.59 Å². The summed E-state index contributed by atoms with van der Waals surface area (Å²) in [6.07, 6.45) is 2.16. The lowest BCUT2D eigenvalue weighted by molar-refractivity contribution is -0.127. The first-order valence-electron chi connectivity index (χ1n) is 11.5. The molecule has 0 fully saturated rings. The maximum atomic E-state index is 13.5. The fourth-order valence-electron chi connectivity index (χ4n) is 4.33. The van der Waals surface area contributed by atoms with Gasteiger partial charge in [-0.15, -0.1) is 0 Å². The monoisotopic (exact) mass is 470 g/mol. The molecular formula is C28H30N4O3. The summed E-state index contributed by atoms with van der Waals surface area (Å²) in [5, 5.41) is 4.05. The summed E-state index contributed by atoms with van der Waals surface area (Å²) in [5.74, 6) is 0.0537. The minimum atomic E-state index is -0.729. The van der Waals surface area contributed by atoms with Crippen LogP contribution in [0.1, 0.15) is 16.8 Å². The van der Waals surface area contributed by atoms with E-state index in [0.29, 0.717) is 18.0 Å². The number of aryl methyl sites for hydroxylation is 1. The standard InChI is InChI=1S/C28H30N4O3/c1-19-23(22-12-8-9-13-25(22)31(19)2)17-26(33)30-24(16-20-10-6-5-7-11-20)28(34)32(3)21-14-15-27(35-4)29-18-21/h5-15,18,24H,16-17H2,1-4H3,(H,30,33)/t24-/m0/s1. The number of hydrogen-bond donors (Lipinski definition) is 1.